The molecule has 1 aromatic heterocycles. The van der Waals surface area contributed by atoms with Gasteiger partial charge in [-0.25, -0.2) is 0 Å². The molecule has 1 saturated heterocycles. The minimum absolute atomic E-state index is 0.131. The van der Waals surface area contributed by atoms with Crippen LogP contribution in [-0.2, 0) is 11.4 Å². The van der Waals surface area contributed by atoms with Crippen LogP contribution in [0.3, 0.4) is 0 Å². The van der Waals surface area contributed by atoms with E-state index in [1.54, 1.807) is 23.8 Å². The summed E-state index contributed by atoms with van der Waals surface area (Å²) >= 11 is 0. The SMILES string of the molecule is CC(=O)N1CCN(CCNc2ccc(-n3ccc(OCc4ccccc4)cc3=O)cc2C=N)CC1. The number of anilines is 1. The Morgan fingerprint density at radius 3 is 2.51 bits per heavy atom. The van der Waals surface area contributed by atoms with Crippen LogP contribution in [0.2, 0.25) is 0 Å². The van der Waals surface area contributed by atoms with Crippen LogP contribution in [0, 0.1) is 5.41 Å². The van der Waals surface area contributed by atoms with Crippen LogP contribution in [0.15, 0.2) is 71.7 Å². The number of pyridine rings is 1. The lowest BCUT2D eigenvalue weighted by molar-refractivity contribution is -0.130. The molecule has 8 heteroatoms. The zero-order valence-electron chi connectivity index (χ0n) is 19.9. The summed E-state index contributed by atoms with van der Waals surface area (Å²) in [6, 6.07) is 18.6. The standard InChI is InChI=1S/C27H31N5O3/c1-21(33)31-15-13-30(14-16-31)12-10-29-26-8-7-24(17-23(26)19-28)32-11-9-25(18-27(32)34)35-20-22-5-3-2-4-6-22/h2-9,11,17-19,28-29H,10,12-16,20H2,1H3. The predicted octanol–water partition coefficient (Wildman–Crippen LogP) is 2.99. The number of rotatable bonds is 9. The number of ether oxygens (including phenoxy) is 1. The summed E-state index contributed by atoms with van der Waals surface area (Å²) < 4.78 is 7.30. The van der Waals surface area contributed by atoms with E-state index in [-0.39, 0.29) is 11.5 Å². The molecule has 0 bridgehead atoms. The Labute approximate surface area is 205 Å². The molecule has 3 aromatic rings. The van der Waals surface area contributed by atoms with Gasteiger partial charge in [0.15, 0.2) is 0 Å². The molecular formula is C27H31N5O3. The zero-order chi connectivity index (χ0) is 24.6. The summed E-state index contributed by atoms with van der Waals surface area (Å²) in [6.45, 7) is 6.86. The first-order valence-electron chi connectivity index (χ1n) is 11.8. The third kappa shape index (κ3) is 6.36. The minimum atomic E-state index is -0.197. The van der Waals surface area contributed by atoms with Gasteiger partial charge in [-0.3, -0.25) is 19.1 Å². The Hall–Kier alpha value is -3.91. The molecule has 1 amide bonds. The van der Waals surface area contributed by atoms with Crippen molar-refractivity contribution in [3.63, 3.8) is 0 Å². The van der Waals surface area contributed by atoms with Crippen LogP contribution in [0.4, 0.5) is 5.69 Å². The number of nitrogens with one attached hydrogen (secondary N) is 2. The van der Waals surface area contributed by atoms with Crippen LogP contribution >= 0.6 is 0 Å². The van der Waals surface area contributed by atoms with E-state index in [0.29, 0.717) is 23.6 Å². The third-order valence-corrected chi connectivity index (χ3v) is 6.17. The molecule has 0 unspecified atom stereocenters. The van der Waals surface area contributed by atoms with Crippen molar-refractivity contribution in [1.29, 1.82) is 5.41 Å². The third-order valence-electron chi connectivity index (χ3n) is 6.17. The molecular weight excluding hydrogens is 442 g/mol. The lowest BCUT2D eigenvalue weighted by Gasteiger charge is -2.34. The van der Waals surface area contributed by atoms with E-state index in [0.717, 1.165) is 50.5 Å². The van der Waals surface area contributed by atoms with E-state index in [2.05, 4.69) is 10.2 Å². The Morgan fingerprint density at radius 1 is 1.06 bits per heavy atom. The Kier molecular flexibility index (Phi) is 7.95. The number of nitrogens with zero attached hydrogens (tertiary/aromatic N) is 3. The maximum atomic E-state index is 12.7. The van der Waals surface area contributed by atoms with E-state index < -0.39 is 0 Å². The normalized spacial score (nSPS) is 13.9. The number of aromatic nitrogens is 1. The smallest absolute Gasteiger partial charge is 0.258 e. The van der Waals surface area contributed by atoms with Crippen molar-refractivity contribution >= 4 is 17.8 Å². The van der Waals surface area contributed by atoms with Crippen LogP contribution < -0.4 is 15.6 Å². The van der Waals surface area contributed by atoms with Crippen LogP contribution in [0.25, 0.3) is 5.69 Å². The number of piperazine rings is 1. The average molecular weight is 474 g/mol. The van der Waals surface area contributed by atoms with Crippen LogP contribution in [0.5, 0.6) is 5.75 Å². The van der Waals surface area contributed by atoms with Crippen molar-refractivity contribution in [1.82, 2.24) is 14.4 Å². The molecule has 1 fully saturated rings. The van der Waals surface area contributed by atoms with E-state index in [9.17, 15) is 9.59 Å². The number of hydrogen-bond acceptors (Lipinski definition) is 6. The molecule has 0 radical (unpaired) electrons. The molecule has 182 valence electrons. The summed E-state index contributed by atoms with van der Waals surface area (Å²) in [4.78, 5) is 28.4. The van der Waals surface area contributed by atoms with Gasteiger partial charge in [-0.1, -0.05) is 30.3 Å². The van der Waals surface area contributed by atoms with Crippen molar-refractivity contribution in [2.24, 2.45) is 0 Å². The Bertz CT molecular complexity index is 1220. The second-order valence-electron chi connectivity index (χ2n) is 8.54. The van der Waals surface area contributed by atoms with E-state index in [1.807, 2.05) is 53.4 Å². The second-order valence-corrected chi connectivity index (χ2v) is 8.54. The summed E-state index contributed by atoms with van der Waals surface area (Å²) in [5.74, 6) is 0.650. The fourth-order valence-electron chi connectivity index (χ4n) is 4.12. The molecule has 2 heterocycles. The van der Waals surface area contributed by atoms with Crippen molar-refractivity contribution < 1.29 is 9.53 Å². The Balaban J connectivity index is 1.35. The predicted molar refractivity (Wildman–Crippen MR) is 138 cm³/mol. The topological polar surface area (TPSA) is 90.7 Å². The highest BCUT2D eigenvalue weighted by atomic mass is 16.5. The van der Waals surface area contributed by atoms with Crippen molar-refractivity contribution in [2.75, 3.05) is 44.6 Å². The highest BCUT2D eigenvalue weighted by Crippen LogP contribution is 2.19. The van der Waals surface area contributed by atoms with Crippen LogP contribution in [0.1, 0.15) is 18.1 Å². The molecule has 0 saturated carbocycles. The van der Waals surface area contributed by atoms with Crippen molar-refractivity contribution in [3.8, 4) is 11.4 Å². The molecule has 2 N–H and O–H groups in total. The fourth-order valence-corrected chi connectivity index (χ4v) is 4.12. The van der Waals surface area contributed by atoms with E-state index in [4.69, 9.17) is 10.1 Å². The van der Waals surface area contributed by atoms with Gasteiger partial charge in [0.25, 0.3) is 5.56 Å². The second kappa shape index (κ2) is 11.5. The monoisotopic (exact) mass is 473 g/mol. The molecule has 2 aromatic carbocycles. The van der Waals surface area contributed by atoms with Gasteiger partial charge >= 0.3 is 0 Å². The largest absolute Gasteiger partial charge is 0.489 e. The maximum absolute atomic E-state index is 12.7. The molecule has 0 atom stereocenters. The first kappa shape index (κ1) is 24.2. The highest BCUT2D eigenvalue weighted by molar-refractivity contribution is 5.86. The van der Waals surface area contributed by atoms with Gasteiger partial charge in [-0.05, 0) is 29.8 Å². The average Bonchev–Trinajstić information content (AvgIpc) is 2.88. The number of carbonyl (C=O) groups excluding carboxylic acids is 1. The minimum Gasteiger partial charge on any atom is -0.489 e. The van der Waals surface area contributed by atoms with Gasteiger partial charge in [-0.2, -0.15) is 0 Å². The molecule has 35 heavy (non-hydrogen) atoms. The summed E-state index contributed by atoms with van der Waals surface area (Å²) in [5, 5.41) is 11.2. The maximum Gasteiger partial charge on any atom is 0.258 e. The Morgan fingerprint density at radius 2 is 1.83 bits per heavy atom. The lowest BCUT2D eigenvalue weighted by atomic mass is 10.1. The van der Waals surface area contributed by atoms with Crippen molar-refractivity contribution in [2.45, 2.75) is 13.5 Å². The van der Waals surface area contributed by atoms with Crippen molar-refractivity contribution in [3.05, 3.63) is 88.3 Å². The van der Waals surface area contributed by atoms with Gasteiger partial charge in [0.2, 0.25) is 5.91 Å². The summed E-state index contributed by atoms with van der Waals surface area (Å²) in [6.07, 6.45) is 2.99. The first-order valence-corrected chi connectivity index (χ1v) is 11.8. The summed E-state index contributed by atoms with van der Waals surface area (Å²) in [5.41, 5.74) is 3.09. The molecule has 1 aliphatic heterocycles. The van der Waals surface area contributed by atoms with Gasteiger partial charge in [-0.15, -0.1) is 0 Å². The van der Waals surface area contributed by atoms with E-state index >= 15 is 0 Å². The van der Waals surface area contributed by atoms with Gasteiger partial charge in [0, 0.05) is 81.6 Å². The number of carbonyl (C=O) groups is 1. The molecule has 4 rings (SSSR count). The number of benzene rings is 2. The fraction of sp³-hybridized carbons (Fsp3) is 0.296. The van der Waals surface area contributed by atoms with Crippen LogP contribution in [-0.4, -0.2) is 65.8 Å². The van der Waals surface area contributed by atoms with Gasteiger partial charge in [0.1, 0.15) is 12.4 Å². The zero-order valence-corrected chi connectivity index (χ0v) is 19.9. The highest BCUT2D eigenvalue weighted by Gasteiger charge is 2.18. The van der Waals surface area contributed by atoms with E-state index in [1.165, 1.54) is 12.3 Å². The molecule has 8 nitrogen and oxygen atoms in total. The number of hydrogen-bond donors (Lipinski definition) is 2. The first-order chi connectivity index (χ1) is 17.0. The lowest BCUT2D eigenvalue weighted by Crippen LogP contribution is -2.49. The summed E-state index contributed by atoms with van der Waals surface area (Å²) in [7, 11) is 0. The quantitative estimate of drug-likeness (QED) is 0.467. The van der Waals surface area contributed by atoms with Gasteiger partial charge < -0.3 is 20.4 Å². The number of amides is 1. The van der Waals surface area contributed by atoms with Gasteiger partial charge in [0.05, 0.1) is 0 Å². The molecule has 0 spiro atoms. The molecule has 0 aliphatic carbocycles. The molecule has 1 aliphatic rings.